The van der Waals surface area contributed by atoms with Gasteiger partial charge in [0.05, 0.1) is 17.8 Å². The largest absolute Gasteiger partial charge is 0.338 e. The predicted octanol–water partition coefficient (Wildman–Crippen LogP) is 5.88. The van der Waals surface area contributed by atoms with Crippen LogP contribution in [-0.2, 0) is 25.4 Å². The Labute approximate surface area is 228 Å². The molecule has 1 aromatic carbocycles. The molecule has 202 valence electrons. The number of pyridine rings is 1. The van der Waals surface area contributed by atoms with Crippen LogP contribution in [0, 0.1) is 13.8 Å². The minimum absolute atomic E-state index is 0.129. The molecule has 0 fully saturated rings. The highest BCUT2D eigenvalue weighted by Crippen LogP contribution is 2.35. The molecule has 9 heteroatoms. The van der Waals surface area contributed by atoms with Gasteiger partial charge in [0.25, 0.3) is 0 Å². The lowest BCUT2D eigenvalue weighted by molar-refractivity contribution is 0.344. The highest BCUT2D eigenvalue weighted by atomic mass is 16.5. The van der Waals surface area contributed by atoms with Gasteiger partial charge in [-0.15, -0.1) is 0 Å². The number of nitrogens with zero attached hydrogens (tertiary/aromatic N) is 6. The van der Waals surface area contributed by atoms with Crippen molar-refractivity contribution in [1.82, 2.24) is 40.2 Å². The number of benzene rings is 1. The van der Waals surface area contributed by atoms with Crippen molar-refractivity contribution < 1.29 is 4.52 Å². The van der Waals surface area contributed by atoms with Crippen LogP contribution >= 0.6 is 0 Å². The van der Waals surface area contributed by atoms with E-state index in [-0.39, 0.29) is 11.5 Å². The van der Waals surface area contributed by atoms with Crippen molar-refractivity contribution in [3.05, 3.63) is 64.7 Å². The van der Waals surface area contributed by atoms with Gasteiger partial charge in [0.1, 0.15) is 11.3 Å². The molecule has 0 saturated carbocycles. The number of H-pyrrole nitrogens is 1. The van der Waals surface area contributed by atoms with Crippen LogP contribution in [0.4, 0.5) is 0 Å². The van der Waals surface area contributed by atoms with Crippen LogP contribution in [-0.4, -0.2) is 34.9 Å². The molecule has 0 saturated heterocycles. The van der Waals surface area contributed by atoms with E-state index in [4.69, 9.17) is 9.51 Å². The minimum Gasteiger partial charge on any atom is -0.338 e. The van der Waals surface area contributed by atoms with Crippen molar-refractivity contribution in [2.24, 2.45) is 7.05 Å². The number of aromatic amines is 1. The standard InChI is InChI=1S/C30H36N8O/c1-17-25(18(2)38(6)36-17)27-34-26-22(13-14-31-28(26)35-27)20-11-12-21-19(15-20)9-7-8-10-23(21)32-16-24-33-29(37-39-24)30(3,4)5/h11-15,23,32H,7-10,16H2,1-6H3,(H,31,34,35). The molecule has 4 heterocycles. The highest BCUT2D eigenvalue weighted by Gasteiger charge is 2.24. The zero-order valence-electron chi connectivity index (χ0n) is 23.6. The number of hydrogen-bond acceptors (Lipinski definition) is 7. The van der Waals surface area contributed by atoms with E-state index in [0.29, 0.717) is 12.4 Å². The van der Waals surface area contributed by atoms with E-state index in [1.54, 1.807) is 0 Å². The average Bonchev–Trinajstić information content (AvgIpc) is 3.57. The lowest BCUT2D eigenvalue weighted by Crippen LogP contribution is -2.21. The van der Waals surface area contributed by atoms with Gasteiger partial charge in [0.2, 0.25) is 5.89 Å². The van der Waals surface area contributed by atoms with Crippen LogP contribution in [0.1, 0.15) is 80.3 Å². The molecule has 0 aliphatic heterocycles. The summed E-state index contributed by atoms with van der Waals surface area (Å²) in [6.45, 7) is 10.9. The molecular weight excluding hydrogens is 488 g/mol. The van der Waals surface area contributed by atoms with Gasteiger partial charge in [-0.05, 0) is 55.9 Å². The molecule has 1 aliphatic rings. The summed E-state index contributed by atoms with van der Waals surface area (Å²) in [7, 11) is 1.96. The van der Waals surface area contributed by atoms with Crippen LogP contribution in [0.25, 0.3) is 33.7 Å². The van der Waals surface area contributed by atoms with E-state index >= 15 is 0 Å². The van der Waals surface area contributed by atoms with Crippen molar-refractivity contribution in [2.75, 3.05) is 0 Å². The summed E-state index contributed by atoms with van der Waals surface area (Å²) in [5, 5.41) is 12.4. The van der Waals surface area contributed by atoms with Gasteiger partial charge < -0.3 is 14.8 Å². The molecule has 0 spiro atoms. The molecule has 2 N–H and O–H groups in total. The first kappa shape index (κ1) is 25.4. The van der Waals surface area contributed by atoms with Crippen molar-refractivity contribution >= 4 is 11.2 Å². The van der Waals surface area contributed by atoms with Gasteiger partial charge >= 0.3 is 0 Å². The maximum atomic E-state index is 5.52. The quantitative estimate of drug-likeness (QED) is 0.276. The second-order valence-corrected chi connectivity index (χ2v) is 11.7. The van der Waals surface area contributed by atoms with Crippen molar-refractivity contribution in [3.63, 3.8) is 0 Å². The van der Waals surface area contributed by atoms with Crippen molar-refractivity contribution in [2.45, 2.75) is 78.3 Å². The third-order valence-electron chi connectivity index (χ3n) is 7.79. The molecule has 1 unspecified atom stereocenters. The minimum atomic E-state index is -0.129. The molecule has 39 heavy (non-hydrogen) atoms. The van der Waals surface area contributed by atoms with E-state index < -0.39 is 0 Å². The topological polar surface area (TPSA) is 110 Å². The number of nitrogens with one attached hydrogen (secondary N) is 2. The first-order valence-corrected chi connectivity index (χ1v) is 13.7. The third-order valence-corrected chi connectivity index (χ3v) is 7.79. The molecule has 0 radical (unpaired) electrons. The Kier molecular flexibility index (Phi) is 6.33. The summed E-state index contributed by atoms with van der Waals surface area (Å²) in [4.78, 5) is 17.6. The SMILES string of the molecule is Cc1nn(C)c(C)c1-c1nc2c(-c3ccc4c(c3)CCCCC4NCc3nc(C(C)(C)C)no3)ccnc2[nH]1. The molecule has 1 atom stereocenters. The smallest absolute Gasteiger partial charge is 0.240 e. The number of hydrogen-bond donors (Lipinski definition) is 2. The Morgan fingerprint density at radius 3 is 2.72 bits per heavy atom. The zero-order valence-corrected chi connectivity index (χ0v) is 23.6. The van der Waals surface area contributed by atoms with Crippen LogP contribution in [0.15, 0.2) is 35.0 Å². The van der Waals surface area contributed by atoms with E-state index in [1.807, 2.05) is 24.9 Å². The summed E-state index contributed by atoms with van der Waals surface area (Å²) >= 11 is 0. The lowest BCUT2D eigenvalue weighted by atomic mass is 9.94. The van der Waals surface area contributed by atoms with Crippen LogP contribution in [0.3, 0.4) is 0 Å². The molecular formula is C30H36N8O. The van der Waals surface area contributed by atoms with Gasteiger partial charge in [-0.3, -0.25) is 4.68 Å². The summed E-state index contributed by atoms with van der Waals surface area (Å²) in [5.41, 5.74) is 9.57. The fourth-order valence-corrected chi connectivity index (χ4v) is 5.58. The molecule has 6 rings (SSSR count). The Balaban J connectivity index is 1.30. The summed E-state index contributed by atoms with van der Waals surface area (Å²) in [6.07, 6.45) is 6.34. The second-order valence-electron chi connectivity index (χ2n) is 11.7. The molecule has 4 aromatic heterocycles. The Hall–Kier alpha value is -3.85. The van der Waals surface area contributed by atoms with Gasteiger partial charge in [0, 0.05) is 36.0 Å². The Bertz CT molecular complexity index is 1650. The van der Waals surface area contributed by atoms with E-state index in [1.165, 1.54) is 24.0 Å². The number of rotatable bonds is 5. The number of aromatic nitrogens is 7. The molecule has 0 bridgehead atoms. The summed E-state index contributed by atoms with van der Waals surface area (Å²) < 4.78 is 7.42. The molecule has 1 aliphatic carbocycles. The molecule has 5 aromatic rings. The van der Waals surface area contributed by atoms with Crippen LogP contribution < -0.4 is 5.32 Å². The second kappa shape index (κ2) is 9.72. The fraction of sp³-hybridized carbons (Fsp3) is 0.433. The lowest BCUT2D eigenvalue weighted by Gasteiger charge is -2.19. The first-order valence-electron chi connectivity index (χ1n) is 13.7. The normalized spacial score (nSPS) is 16.0. The fourth-order valence-electron chi connectivity index (χ4n) is 5.58. The van der Waals surface area contributed by atoms with Crippen molar-refractivity contribution in [3.8, 4) is 22.5 Å². The van der Waals surface area contributed by atoms with Gasteiger partial charge in [-0.2, -0.15) is 10.1 Å². The molecule has 9 nitrogen and oxygen atoms in total. The maximum absolute atomic E-state index is 5.52. The monoisotopic (exact) mass is 524 g/mol. The summed E-state index contributed by atoms with van der Waals surface area (Å²) in [6, 6.07) is 9.13. The number of aryl methyl sites for hydroxylation is 3. The third kappa shape index (κ3) is 4.76. The Morgan fingerprint density at radius 1 is 1.13 bits per heavy atom. The van der Waals surface area contributed by atoms with Gasteiger partial charge in [-0.25, -0.2) is 9.97 Å². The first-order chi connectivity index (χ1) is 18.7. The number of fused-ring (bicyclic) bond motifs is 2. The highest BCUT2D eigenvalue weighted by molar-refractivity contribution is 5.91. The van der Waals surface area contributed by atoms with Crippen LogP contribution in [0.5, 0.6) is 0 Å². The van der Waals surface area contributed by atoms with Crippen molar-refractivity contribution in [1.29, 1.82) is 0 Å². The van der Waals surface area contributed by atoms with Crippen LogP contribution in [0.2, 0.25) is 0 Å². The Morgan fingerprint density at radius 2 is 1.97 bits per heavy atom. The number of imidazole rings is 1. The van der Waals surface area contributed by atoms with E-state index in [2.05, 4.69) is 82.5 Å². The summed E-state index contributed by atoms with van der Waals surface area (Å²) in [5.74, 6) is 2.18. The van der Waals surface area contributed by atoms with E-state index in [0.717, 1.165) is 63.7 Å². The molecule has 0 amide bonds. The van der Waals surface area contributed by atoms with E-state index in [9.17, 15) is 0 Å². The average molecular weight is 525 g/mol. The van der Waals surface area contributed by atoms with Gasteiger partial charge in [-0.1, -0.05) is 50.5 Å². The predicted molar refractivity (Wildman–Crippen MR) is 151 cm³/mol. The zero-order chi connectivity index (χ0) is 27.3. The maximum Gasteiger partial charge on any atom is 0.240 e. The van der Waals surface area contributed by atoms with Gasteiger partial charge in [0.15, 0.2) is 11.5 Å².